The summed E-state index contributed by atoms with van der Waals surface area (Å²) in [6, 6.07) is 0. The molecule has 0 aliphatic rings. The summed E-state index contributed by atoms with van der Waals surface area (Å²) in [6.45, 7) is 2.04. The van der Waals surface area contributed by atoms with E-state index in [1.54, 1.807) is 6.20 Å². The number of nitrogens with one attached hydrogen (secondary N) is 1. The quantitative estimate of drug-likeness (QED) is 0.541. The largest absolute Gasteiger partial charge is 0.376 e. The Hall–Kier alpha value is -0.570. The molecule has 0 saturated heterocycles. The van der Waals surface area contributed by atoms with Crippen LogP contribution in [0.2, 0.25) is 0 Å². The topological polar surface area (TPSA) is 38.0 Å². The van der Waals surface area contributed by atoms with E-state index in [1.165, 1.54) is 0 Å². The molecule has 0 fully saturated rings. The number of hydrogen-bond acceptors (Lipinski definition) is 1. The minimum atomic E-state index is 0.315. The molecule has 0 aromatic rings. The standard InChI is InChI=1S/C5H10N2S/c1-2-3-4-7-5(6)8/h3-4H,2H2,1H3,(H3,6,7,8)/b4-3-. The smallest absolute Gasteiger partial charge is 0.167 e. The normalized spacial score (nSPS) is 9.62. The molecular weight excluding hydrogens is 120 g/mol. The van der Waals surface area contributed by atoms with E-state index in [4.69, 9.17) is 5.73 Å². The van der Waals surface area contributed by atoms with Crippen LogP contribution in [0.5, 0.6) is 0 Å². The SMILES string of the molecule is CC/C=C\NC(N)=S. The Labute approximate surface area is 54.8 Å². The highest BCUT2D eigenvalue weighted by molar-refractivity contribution is 7.80. The number of nitrogens with two attached hydrogens (primary N) is 1. The van der Waals surface area contributed by atoms with Gasteiger partial charge in [-0.05, 0) is 24.8 Å². The van der Waals surface area contributed by atoms with Crippen LogP contribution in [-0.2, 0) is 0 Å². The first-order valence-electron chi connectivity index (χ1n) is 2.48. The second kappa shape index (κ2) is 4.59. The zero-order chi connectivity index (χ0) is 6.41. The summed E-state index contributed by atoms with van der Waals surface area (Å²) in [5.74, 6) is 0. The van der Waals surface area contributed by atoms with Crippen molar-refractivity contribution < 1.29 is 0 Å². The van der Waals surface area contributed by atoms with Crippen molar-refractivity contribution in [3.05, 3.63) is 12.3 Å². The fraction of sp³-hybridized carbons (Fsp3) is 0.400. The summed E-state index contributed by atoms with van der Waals surface area (Å²) in [4.78, 5) is 0. The predicted molar refractivity (Wildman–Crippen MR) is 39.4 cm³/mol. The molecule has 3 N–H and O–H groups in total. The van der Waals surface area contributed by atoms with E-state index >= 15 is 0 Å². The Kier molecular flexibility index (Phi) is 4.26. The summed E-state index contributed by atoms with van der Waals surface area (Å²) < 4.78 is 0. The molecule has 0 unspecified atom stereocenters. The summed E-state index contributed by atoms with van der Waals surface area (Å²) in [5.41, 5.74) is 5.10. The van der Waals surface area contributed by atoms with Gasteiger partial charge in [-0.3, -0.25) is 0 Å². The fourth-order valence-electron chi connectivity index (χ4n) is 0.259. The predicted octanol–water partition coefficient (Wildman–Crippen LogP) is 0.743. The van der Waals surface area contributed by atoms with Gasteiger partial charge in [0.25, 0.3) is 0 Å². The van der Waals surface area contributed by atoms with Crippen molar-refractivity contribution >= 4 is 17.3 Å². The molecule has 0 aliphatic heterocycles. The Morgan fingerprint density at radius 1 is 1.88 bits per heavy atom. The third-order valence-electron chi connectivity index (χ3n) is 0.579. The Morgan fingerprint density at radius 3 is 2.88 bits per heavy atom. The van der Waals surface area contributed by atoms with E-state index < -0.39 is 0 Å². The zero-order valence-electron chi connectivity index (χ0n) is 4.85. The van der Waals surface area contributed by atoms with Gasteiger partial charge in [0.1, 0.15) is 0 Å². The maximum Gasteiger partial charge on any atom is 0.167 e. The molecule has 0 bridgehead atoms. The highest BCUT2D eigenvalue weighted by Gasteiger charge is 1.73. The Bertz CT molecular complexity index is 98.6. The van der Waals surface area contributed by atoms with Crippen molar-refractivity contribution in [3.63, 3.8) is 0 Å². The number of hydrogen-bond donors (Lipinski definition) is 2. The first-order valence-corrected chi connectivity index (χ1v) is 2.89. The van der Waals surface area contributed by atoms with E-state index in [-0.39, 0.29) is 0 Å². The first kappa shape index (κ1) is 7.43. The number of thiocarbonyl (C=S) groups is 1. The van der Waals surface area contributed by atoms with E-state index in [9.17, 15) is 0 Å². The van der Waals surface area contributed by atoms with Crippen molar-refractivity contribution in [1.29, 1.82) is 0 Å². The van der Waals surface area contributed by atoms with Crippen LogP contribution in [0.4, 0.5) is 0 Å². The average Bonchev–Trinajstić information content (AvgIpc) is 1.66. The lowest BCUT2D eigenvalue weighted by Gasteiger charge is -1.90. The second-order valence-corrected chi connectivity index (χ2v) is 1.76. The van der Waals surface area contributed by atoms with Crippen molar-refractivity contribution in [2.24, 2.45) is 5.73 Å². The summed E-state index contributed by atoms with van der Waals surface area (Å²) >= 11 is 4.52. The third-order valence-corrected chi connectivity index (χ3v) is 0.697. The Morgan fingerprint density at radius 2 is 2.50 bits per heavy atom. The molecule has 0 aliphatic carbocycles. The molecule has 0 aromatic heterocycles. The highest BCUT2D eigenvalue weighted by atomic mass is 32.1. The maximum atomic E-state index is 5.10. The molecule has 0 rings (SSSR count). The van der Waals surface area contributed by atoms with Gasteiger partial charge in [0.15, 0.2) is 5.11 Å². The van der Waals surface area contributed by atoms with Gasteiger partial charge in [0.2, 0.25) is 0 Å². The van der Waals surface area contributed by atoms with E-state index in [1.807, 2.05) is 13.0 Å². The van der Waals surface area contributed by atoms with Crippen LogP contribution in [-0.4, -0.2) is 5.11 Å². The summed E-state index contributed by atoms with van der Waals surface area (Å²) in [7, 11) is 0. The van der Waals surface area contributed by atoms with Crippen molar-refractivity contribution in [2.75, 3.05) is 0 Å². The van der Waals surface area contributed by atoms with Gasteiger partial charge in [-0.25, -0.2) is 0 Å². The van der Waals surface area contributed by atoms with E-state index in [0.29, 0.717) is 5.11 Å². The number of allylic oxidation sites excluding steroid dienone is 1. The van der Waals surface area contributed by atoms with Crippen LogP contribution in [0.25, 0.3) is 0 Å². The zero-order valence-corrected chi connectivity index (χ0v) is 5.66. The lowest BCUT2D eigenvalue weighted by Crippen LogP contribution is -2.23. The van der Waals surface area contributed by atoms with Crippen molar-refractivity contribution in [3.8, 4) is 0 Å². The third kappa shape index (κ3) is 5.43. The molecule has 0 saturated carbocycles. The molecule has 8 heavy (non-hydrogen) atoms. The summed E-state index contributed by atoms with van der Waals surface area (Å²) in [6.07, 6.45) is 4.68. The molecular formula is C5H10N2S. The van der Waals surface area contributed by atoms with E-state index in [2.05, 4.69) is 17.5 Å². The first-order chi connectivity index (χ1) is 3.77. The monoisotopic (exact) mass is 130 g/mol. The van der Waals surface area contributed by atoms with Gasteiger partial charge < -0.3 is 11.1 Å². The minimum Gasteiger partial charge on any atom is -0.376 e. The minimum absolute atomic E-state index is 0.315. The van der Waals surface area contributed by atoms with Gasteiger partial charge in [-0.1, -0.05) is 13.0 Å². The van der Waals surface area contributed by atoms with Gasteiger partial charge in [0.05, 0.1) is 0 Å². The average molecular weight is 130 g/mol. The lowest BCUT2D eigenvalue weighted by atomic mass is 10.5. The Balaban J connectivity index is 3.16. The van der Waals surface area contributed by atoms with E-state index in [0.717, 1.165) is 6.42 Å². The molecule has 3 heteroatoms. The molecule has 0 amide bonds. The molecule has 0 atom stereocenters. The molecule has 46 valence electrons. The molecule has 0 heterocycles. The molecule has 0 aromatic carbocycles. The highest BCUT2D eigenvalue weighted by Crippen LogP contribution is 1.73. The lowest BCUT2D eigenvalue weighted by molar-refractivity contribution is 1.17. The van der Waals surface area contributed by atoms with Gasteiger partial charge in [-0.2, -0.15) is 0 Å². The number of rotatable bonds is 2. The van der Waals surface area contributed by atoms with Gasteiger partial charge >= 0.3 is 0 Å². The van der Waals surface area contributed by atoms with Crippen LogP contribution in [0.3, 0.4) is 0 Å². The van der Waals surface area contributed by atoms with Crippen LogP contribution < -0.4 is 11.1 Å². The van der Waals surface area contributed by atoms with Crippen LogP contribution >= 0.6 is 12.2 Å². The van der Waals surface area contributed by atoms with Crippen molar-refractivity contribution in [1.82, 2.24) is 5.32 Å². The second-order valence-electron chi connectivity index (χ2n) is 1.32. The van der Waals surface area contributed by atoms with Crippen molar-refractivity contribution in [2.45, 2.75) is 13.3 Å². The molecule has 0 radical (unpaired) electrons. The van der Waals surface area contributed by atoms with Crippen LogP contribution in [0.1, 0.15) is 13.3 Å². The van der Waals surface area contributed by atoms with Crippen LogP contribution in [0.15, 0.2) is 12.3 Å². The summed E-state index contributed by atoms with van der Waals surface area (Å²) in [5, 5.41) is 2.99. The fourth-order valence-corrected chi connectivity index (χ4v) is 0.327. The van der Waals surface area contributed by atoms with Gasteiger partial charge in [-0.15, -0.1) is 0 Å². The molecule has 2 nitrogen and oxygen atoms in total. The maximum absolute atomic E-state index is 5.10. The van der Waals surface area contributed by atoms with Crippen LogP contribution in [0, 0.1) is 0 Å². The molecule has 0 spiro atoms. The van der Waals surface area contributed by atoms with Gasteiger partial charge in [0, 0.05) is 0 Å².